The van der Waals surface area contributed by atoms with Gasteiger partial charge in [-0.15, -0.1) is 0 Å². The predicted molar refractivity (Wildman–Crippen MR) is 73.1 cm³/mol. The zero-order chi connectivity index (χ0) is 13.4. The molecule has 0 aliphatic heterocycles. The van der Waals surface area contributed by atoms with Crippen LogP contribution in [0.1, 0.15) is 51.9 Å². The van der Waals surface area contributed by atoms with Crippen LogP contribution in [0, 0.1) is 11.3 Å². The van der Waals surface area contributed by atoms with Crippen LogP contribution in [0.5, 0.6) is 0 Å². The Hall–Kier alpha value is -0.610. The second-order valence-corrected chi connectivity index (χ2v) is 5.71. The average molecular weight is 256 g/mol. The van der Waals surface area contributed by atoms with Crippen LogP contribution in [0.4, 0.5) is 0 Å². The Kier molecular flexibility index (Phi) is 6.65. The van der Waals surface area contributed by atoms with E-state index in [4.69, 9.17) is 5.73 Å². The third kappa shape index (κ3) is 4.58. The molecule has 4 heteroatoms. The molecule has 1 saturated carbocycles. The summed E-state index contributed by atoms with van der Waals surface area (Å²) in [6, 6.07) is 0. The lowest BCUT2D eigenvalue weighted by Gasteiger charge is -2.35. The van der Waals surface area contributed by atoms with Gasteiger partial charge in [0, 0.05) is 18.4 Å². The first-order valence-electron chi connectivity index (χ1n) is 7.23. The van der Waals surface area contributed by atoms with Gasteiger partial charge < -0.3 is 16.2 Å². The Balaban J connectivity index is 2.35. The van der Waals surface area contributed by atoms with Crippen molar-refractivity contribution in [2.45, 2.75) is 51.9 Å². The number of carbonyl (C=O) groups is 1. The third-order valence-electron chi connectivity index (χ3n) is 4.29. The number of nitrogens with two attached hydrogens (primary N) is 1. The van der Waals surface area contributed by atoms with E-state index in [0.717, 1.165) is 32.1 Å². The van der Waals surface area contributed by atoms with E-state index >= 15 is 0 Å². The van der Waals surface area contributed by atoms with E-state index in [1.54, 1.807) is 0 Å². The first kappa shape index (κ1) is 15.4. The molecule has 0 heterocycles. The molecule has 106 valence electrons. The number of hydrogen-bond acceptors (Lipinski definition) is 3. The molecule has 0 aromatic carbocycles. The molecule has 0 aromatic heterocycles. The third-order valence-corrected chi connectivity index (χ3v) is 4.29. The van der Waals surface area contributed by atoms with Gasteiger partial charge in [-0.3, -0.25) is 4.79 Å². The van der Waals surface area contributed by atoms with E-state index in [1.165, 1.54) is 6.42 Å². The number of aliphatic hydroxyl groups is 1. The van der Waals surface area contributed by atoms with Crippen molar-refractivity contribution in [3.63, 3.8) is 0 Å². The van der Waals surface area contributed by atoms with Gasteiger partial charge in [0.25, 0.3) is 0 Å². The highest BCUT2D eigenvalue weighted by atomic mass is 16.3. The van der Waals surface area contributed by atoms with Gasteiger partial charge in [0.15, 0.2) is 0 Å². The lowest BCUT2D eigenvalue weighted by Crippen LogP contribution is -2.42. The largest absolute Gasteiger partial charge is 0.396 e. The maximum absolute atomic E-state index is 11.8. The molecule has 1 aliphatic carbocycles. The minimum atomic E-state index is -0.0711. The second-order valence-electron chi connectivity index (χ2n) is 5.71. The summed E-state index contributed by atoms with van der Waals surface area (Å²) in [5.41, 5.74) is 5.53. The SMILES string of the molecule is CCC(CN)CC(=O)NCC1(CO)CCCCC1. The Morgan fingerprint density at radius 3 is 2.56 bits per heavy atom. The highest BCUT2D eigenvalue weighted by Gasteiger charge is 2.31. The molecule has 1 fully saturated rings. The van der Waals surface area contributed by atoms with Gasteiger partial charge in [0.2, 0.25) is 5.91 Å². The lowest BCUT2D eigenvalue weighted by atomic mass is 9.74. The van der Waals surface area contributed by atoms with E-state index in [-0.39, 0.29) is 23.8 Å². The van der Waals surface area contributed by atoms with E-state index in [0.29, 0.717) is 19.5 Å². The van der Waals surface area contributed by atoms with Crippen LogP contribution in [0.3, 0.4) is 0 Å². The van der Waals surface area contributed by atoms with Gasteiger partial charge in [0.05, 0.1) is 6.61 Å². The fourth-order valence-corrected chi connectivity index (χ4v) is 2.71. The predicted octanol–water partition coefficient (Wildman–Crippen LogP) is 1.42. The molecule has 1 unspecified atom stereocenters. The summed E-state index contributed by atoms with van der Waals surface area (Å²) in [5, 5.41) is 12.5. The molecule has 0 saturated heterocycles. The monoisotopic (exact) mass is 256 g/mol. The highest BCUT2D eigenvalue weighted by Crippen LogP contribution is 2.35. The fourth-order valence-electron chi connectivity index (χ4n) is 2.71. The van der Waals surface area contributed by atoms with Crippen LogP contribution in [0.2, 0.25) is 0 Å². The number of hydrogen-bond donors (Lipinski definition) is 3. The first-order chi connectivity index (χ1) is 8.65. The standard InChI is InChI=1S/C14H28N2O2/c1-2-12(9-15)8-13(18)16-10-14(11-17)6-4-3-5-7-14/h12,17H,2-11,15H2,1H3,(H,16,18). The van der Waals surface area contributed by atoms with Gasteiger partial charge >= 0.3 is 0 Å². The van der Waals surface area contributed by atoms with Crippen molar-refractivity contribution in [1.82, 2.24) is 5.32 Å². The number of amides is 1. The van der Waals surface area contributed by atoms with Crippen LogP contribution < -0.4 is 11.1 Å². The summed E-state index contributed by atoms with van der Waals surface area (Å²) in [6.07, 6.45) is 7.08. The summed E-state index contributed by atoms with van der Waals surface area (Å²) in [7, 11) is 0. The number of nitrogens with one attached hydrogen (secondary N) is 1. The summed E-state index contributed by atoms with van der Waals surface area (Å²) in [6.45, 7) is 3.42. The molecular weight excluding hydrogens is 228 g/mol. The van der Waals surface area contributed by atoms with Crippen LogP contribution in [-0.2, 0) is 4.79 Å². The van der Waals surface area contributed by atoms with E-state index in [1.807, 2.05) is 0 Å². The summed E-state index contributed by atoms with van der Waals surface area (Å²) >= 11 is 0. The zero-order valence-electron chi connectivity index (χ0n) is 11.6. The van der Waals surface area contributed by atoms with Gasteiger partial charge in [-0.1, -0.05) is 32.6 Å². The Morgan fingerprint density at radius 1 is 1.39 bits per heavy atom. The van der Waals surface area contributed by atoms with Gasteiger partial charge in [-0.25, -0.2) is 0 Å². The maximum atomic E-state index is 11.8. The molecule has 0 spiro atoms. The second kappa shape index (κ2) is 7.74. The molecule has 0 aromatic rings. The van der Waals surface area contributed by atoms with Crippen molar-refractivity contribution in [3.8, 4) is 0 Å². The van der Waals surface area contributed by atoms with Crippen molar-refractivity contribution in [1.29, 1.82) is 0 Å². The summed E-state index contributed by atoms with van der Waals surface area (Å²) < 4.78 is 0. The van der Waals surface area contributed by atoms with Crippen molar-refractivity contribution in [3.05, 3.63) is 0 Å². The molecule has 0 bridgehead atoms. The smallest absolute Gasteiger partial charge is 0.220 e. The summed E-state index contributed by atoms with van der Waals surface area (Å²) in [4.78, 5) is 11.8. The van der Waals surface area contributed by atoms with Crippen LogP contribution in [0.15, 0.2) is 0 Å². The quantitative estimate of drug-likeness (QED) is 0.645. The van der Waals surface area contributed by atoms with Gasteiger partial charge in [-0.05, 0) is 25.3 Å². The normalized spacial score (nSPS) is 20.4. The topological polar surface area (TPSA) is 75.4 Å². The molecule has 0 radical (unpaired) electrons. The number of aliphatic hydroxyl groups excluding tert-OH is 1. The fraction of sp³-hybridized carbons (Fsp3) is 0.929. The highest BCUT2D eigenvalue weighted by molar-refractivity contribution is 5.76. The Morgan fingerprint density at radius 2 is 2.06 bits per heavy atom. The molecule has 18 heavy (non-hydrogen) atoms. The minimum Gasteiger partial charge on any atom is -0.396 e. The molecule has 4 nitrogen and oxygen atoms in total. The molecule has 4 N–H and O–H groups in total. The zero-order valence-corrected chi connectivity index (χ0v) is 11.6. The maximum Gasteiger partial charge on any atom is 0.220 e. The summed E-state index contributed by atoms with van der Waals surface area (Å²) in [5.74, 6) is 0.354. The molecule has 1 rings (SSSR count). The van der Waals surface area contributed by atoms with Crippen LogP contribution in [0.25, 0.3) is 0 Å². The molecule has 1 amide bonds. The average Bonchev–Trinajstić information content (AvgIpc) is 2.43. The first-order valence-corrected chi connectivity index (χ1v) is 7.23. The van der Waals surface area contributed by atoms with Crippen molar-refractivity contribution in [2.24, 2.45) is 17.1 Å². The minimum absolute atomic E-state index is 0.0711. The van der Waals surface area contributed by atoms with Crippen LogP contribution >= 0.6 is 0 Å². The van der Waals surface area contributed by atoms with Crippen molar-refractivity contribution < 1.29 is 9.90 Å². The molecule has 1 atom stereocenters. The van der Waals surface area contributed by atoms with E-state index < -0.39 is 0 Å². The Labute approximate surface area is 110 Å². The molecule has 1 aliphatic rings. The van der Waals surface area contributed by atoms with Gasteiger partial charge in [-0.2, -0.15) is 0 Å². The number of carbonyl (C=O) groups excluding carboxylic acids is 1. The number of rotatable bonds is 7. The van der Waals surface area contributed by atoms with Crippen molar-refractivity contribution in [2.75, 3.05) is 19.7 Å². The van der Waals surface area contributed by atoms with Gasteiger partial charge in [0.1, 0.15) is 0 Å². The molecular formula is C14H28N2O2. The van der Waals surface area contributed by atoms with E-state index in [2.05, 4.69) is 12.2 Å². The lowest BCUT2D eigenvalue weighted by molar-refractivity contribution is -0.122. The van der Waals surface area contributed by atoms with Crippen molar-refractivity contribution >= 4 is 5.91 Å². The Bertz CT molecular complexity index is 246. The van der Waals surface area contributed by atoms with E-state index in [9.17, 15) is 9.90 Å². The van der Waals surface area contributed by atoms with Crippen LogP contribution in [-0.4, -0.2) is 30.7 Å².